The summed E-state index contributed by atoms with van der Waals surface area (Å²) in [6, 6.07) is 3.27. The lowest BCUT2D eigenvalue weighted by molar-refractivity contribution is -0.137. The first kappa shape index (κ1) is 20.9. The molecule has 1 unspecified atom stereocenters. The van der Waals surface area contributed by atoms with Gasteiger partial charge in [-0.2, -0.15) is 13.2 Å². The number of rotatable bonds is 7. The van der Waals surface area contributed by atoms with Crippen molar-refractivity contribution >= 4 is 11.9 Å². The van der Waals surface area contributed by atoms with Crippen LogP contribution >= 0.6 is 0 Å². The van der Waals surface area contributed by atoms with E-state index in [4.69, 9.17) is 4.74 Å². The molecular formula is C20H22F3N3O3. The van der Waals surface area contributed by atoms with Gasteiger partial charge in [0.1, 0.15) is 0 Å². The average Bonchev–Trinajstić information content (AvgIpc) is 3.00. The molecule has 2 aliphatic heterocycles. The molecule has 1 N–H and O–H groups in total. The molecule has 3 rings (SSSR count). The molecule has 1 aromatic carbocycles. The van der Waals surface area contributed by atoms with Gasteiger partial charge in [-0.3, -0.25) is 9.69 Å². The second-order valence-electron chi connectivity index (χ2n) is 6.83. The minimum atomic E-state index is -4.46. The summed E-state index contributed by atoms with van der Waals surface area (Å²) in [6.45, 7) is 5.08. The summed E-state index contributed by atoms with van der Waals surface area (Å²) in [5, 5.41) is 2.74. The van der Waals surface area contributed by atoms with Gasteiger partial charge in [0.25, 0.3) is 5.91 Å². The van der Waals surface area contributed by atoms with Gasteiger partial charge in [0.05, 0.1) is 29.4 Å². The van der Waals surface area contributed by atoms with Crippen molar-refractivity contribution in [3.05, 3.63) is 59.3 Å². The predicted octanol–water partition coefficient (Wildman–Crippen LogP) is 3.09. The smallest absolute Gasteiger partial charge is 0.385 e. The van der Waals surface area contributed by atoms with Gasteiger partial charge >= 0.3 is 12.2 Å². The van der Waals surface area contributed by atoms with E-state index in [2.05, 4.69) is 11.9 Å². The molecule has 3 amide bonds. The monoisotopic (exact) mass is 409 g/mol. The maximum atomic E-state index is 13.0. The highest BCUT2D eigenvalue weighted by Gasteiger charge is 2.43. The van der Waals surface area contributed by atoms with E-state index in [1.807, 2.05) is 0 Å². The number of hydrogen-bond donors (Lipinski definition) is 1. The summed E-state index contributed by atoms with van der Waals surface area (Å²) in [7, 11) is 1.57. The van der Waals surface area contributed by atoms with Crippen LogP contribution in [0.5, 0.6) is 0 Å². The first-order valence-corrected chi connectivity index (χ1v) is 9.15. The van der Waals surface area contributed by atoms with E-state index in [0.29, 0.717) is 36.4 Å². The molecule has 0 radical (unpaired) electrons. The summed E-state index contributed by atoms with van der Waals surface area (Å²) in [5.41, 5.74) is 0.568. The Hall–Kier alpha value is -2.81. The fraction of sp³-hybridized carbons (Fsp3) is 0.400. The molecule has 2 aliphatic rings. The van der Waals surface area contributed by atoms with Gasteiger partial charge < -0.3 is 15.0 Å². The summed E-state index contributed by atoms with van der Waals surface area (Å²) in [4.78, 5) is 28.7. The first-order chi connectivity index (χ1) is 13.8. The number of halogens is 3. The molecule has 0 saturated heterocycles. The number of methoxy groups -OCH3 is 1. The van der Waals surface area contributed by atoms with E-state index < -0.39 is 23.8 Å². The minimum absolute atomic E-state index is 0.226. The zero-order valence-electron chi connectivity index (χ0n) is 16.0. The van der Waals surface area contributed by atoms with Crippen molar-refractivity contribution in [2.24, 2.45) is 0 Å². The quantitative estimate of drug-likeness (QED) is 0.556. The van der Waals surface area contributed by atoms with E-state index in [1.54, 1.807) is 18.1 Å². The Morgan fingerprint density at radius 1 is 1.28 bits per heavy atom. The Kier molecular flexibility index (Phi) is 5.97. The van der Waals surface area contributed by atoms with Crippen LogP contribution in [0.25, 0.3) is 0 Å². The van der Waals surface area contributed by atoms with Crippen LogP contribution < -0.4 is 5.32 Å². The van der Waals surface area contributed by atoms with Crippen LogP contribution in [-0.2, 0) is 15.7 Å². The normalized spacial score (nSPS) is 19.5. The molecule has 0 aliphatic carbocycles. The molecule has 0 aromatic heterocycles. The molecule has 0 fully saturated rings. The zero-order valence-corrected chi connectivity index (χ0v) is 16.0. The standard InChI is InChI=1S/C20H22F3N3O3/c1-3-9-26-15-12-25(10-4-11-29-2)18(27)16(15)17(24-19(26)28)13-5-7-14(8-6-13)20(21,22)23/h3,5-8,17H,1,4,9-12H2,2H3,(H,24,28). The number of nitrogens with zero attached hydrogens (tertiary/aromatic N) is 2. The average molecular weight is 409 g/mol. The molecule has 1 aromatic rings. The molecule has 0 saturated carbocycles. The largest absolute Gasteiger partial charge is 0.416 e. The van der Waals surface area contributed by atoms with Gasteiger partial charge in [-0.25, -0.2) is 4.79 Å². The van der Waals surface area contributed by atoms with Gasteiger partial charge in [-0.15, -0.1) is 6.58 Å². The summed E-state index contributed by atoms with van der Waals surface area (Å²) in [6.07, 6.45) is -2.27. The third-order valence-electron chi connectivity index (χ3n) is 4.96. The second-order valence-corrected chi connectivity index (χ2v) is 6.83. The summed E-state index contributed by atoms with van der Waals surface area (Å²) >= 11 is 0. The Bertz CT molecular complexity index is 834. The van der Waals surface area contributed by atoms with E-state index in [-0.39, 0.29) is 19.0 Å². The molecule has 9 heteroatoms. The van der Waals surface area contributed by atoms with Crippen LogP contribution in [0.3, 0.4) is 0 Å². The van der Waals surface area contributed by atoms with E-state index in [0.717, 1.165) is 12.1 Å². The van der Waals surface area contributed by atoms with E-state index in [1.165, 1.54) is 17.0 Å². The Morgan fingerprint density at radius 3 is 2.55 bits per heavy atom. The summed E-state index contributed by atoms with van der Waals surface area (Å²) in [5.74, 6) is -0.241. The summed E-state index contributed by atoms with van der Waals surface area (Å²) < 4.78 is 43.6. The van der Waals surface area contributed by atoms with Crippen LogP contribution in [0.2, 0.25) is 0 Å². The van der Waals surface area contributed by atoms with Crippen molar-refractivity contribution in [1.82, 2.24) is 15.1 Å². The Balaban J connectivity index is 1.94. The molecular weight excluding hydrogens is 387 g/mol. The molecule has 0 spiro atoms. The third kappa shape index (κ3) is 4.14. The molecule has 0 bridgehead atoms. The maximum absolute atomic E-state index is 13.0. The van der Waals surface area contributed by atoms with Crippen molar-refractivity contribution in [1.29, 1.82) is 0 Å². The van der Waals surface area contributed by atoms with Crippen LogP contribution in [0, 0.1) is 0 Å². The fourth-order valence-electron chi connectivity index (χ4n) is 3.57. The molecule has 1 atom stereocenters. The van der Waals surface area contributed by atoms with Crippen molar-refractivity contribution in [3.8, 4) is 0 Å². The van der Waals surface area contributed by atoms with E-state index in [9.17, 15) is 22.8 Å². The fourth-order valence-corrected chi connectivity index (χ4v) is 3.57. The number of ether oxygens (including phenoxy) is 1. The SMILES string of the molecule is C=CCN1C(=O)NC(c2ccc(C(F)(F)F)cc2)C2=C1CN(CCCOC)C2=O. The van der Waals surface area contributed by atoms with Crippen molar-refractivity contribution in [3.63, 3.8) is 0 Å². The third-order valence-corrected chi connectivity index (χ3v) is 4.96. The number of hydrogen-bond acceptors (Lipinski definition) is 3. The van der Waals surface area contributed by atoms with Gasteiger partial charge in [-0.1, -0.05) is 18.2 Å². The number of nitrogens with one attached hydrogen (secondary N) is 1. The zero-order chi connectivity index (χ0) is 21.2. The number of urea groups is 1. The Morgan fingerprint density at radius 2 is 1.97 bits per heavy atom. The van der Waals surface area contributed by atoms with Crippen molar-refractivity contribution in [2.45, 2.75) is 18.6 Å². The first-order valence-electron chi connectivity index (χ1n) is 9.15. The lowest BCUT2D eigenvalue weighted by Crippen LogP contribution is -2.47. The highest BCUT2D eigenvalue weighted by atomic mass is 19.4. The van der Waals surface area contributed by atoms with Crippen LogP contribution in [0.1, 0.15) is 23.6 Å². The van der Waals surface area contributed by atoms with E-state index >= 15 is 0 Å². The van der Waals surface area contributed by atoms with Crippen molar-refractivity contribution in [2.75, 3.05) is 33.4 Å². The van der Waals surface area contributed by atoms with Gasteiger partial charge in [0.2, 0.25) is 0 Å². The highest BCUT2D eigenvalue weighted by molar-refractivity contribution is 6.01. The van der Waals surface area contributed by atoms with Crippen LogP contribution in [0.4, 0.5) is 18.0 Å². The van der Waals surface area contributed by atoms with Gasteiger partial charge in [0, 0.05) is 26.8 Å². The molecule has 156 valence electrons. The molecule has 6 nitrogen and oxygen atoms in total. The lowest BCUT2D eigenvalue weighted by Gasteiger charge is -2.33. The Labute approximate surface area is 166 Å². The molecule has 2 heterocycles. The van der Waals surface area contributed by atoms with Gasteiger partial charge in [-0.05, 0) is 24.1 Å². The number of carbonyl (C=O) groups is 2. The maximum Gasteiger partial charge on any atom is 0.416 e. The van der Waals surface area contributed by atoms with Crippen LogP contribution in [-0.4, -0.2) is 55.1 Å². The van der Waals surface area contributed by atoms with Crippen LogP contribution in [0.15, 0.2) is 48.2 Å². The van der Waals surface area contributed by atoms with Gasteiger partial charge in [0.15, 0.2) is 0 Å². The number of alkyl halides is 3. The highest BCUT2D eigenvalue weighted by Crippen LogP contribution is 2.37. The number of amides is 3. The predicted molar refractivity (Wildman–Crippen MR) is 99.7 cm³/mol. The lowest BCUT2D eigenvalue weighted by atomic mass is 9.94. The van der Waals surface area contributed by atoms with Crippen molar-refractivity contribution < 1.29 is 27.5 Å². The number of carbonyl (C=O) groups excluding carboxylic acids is 2. The topological polar surface area (TPSA) is 61.9 Å². The molecule has 29 heavy (non-hydrogen) atoms. The minimum Gasteiger partial charge on any atom is -0.385 e. The second kappa shape index (κ2) is 8.28. The number of benzene rings is 1.